The normalized spacial score (nSPS) is 33.0. The fourth-order valence-electron chi connectivity index (χ4n) is 4.20. The van der Waals surface area contributed by atoms with Gasteiger partial charge in [0, 0.05) is 25.2 Å². The molecule has 1 atom stereocenters. The van der Waals surface area contributed by atoms with E-state index in [1.54, 1.807) is 0 Å². The van der Waals surface area contributed by atoms with Gasteiger partial charge in [-0.25, -0.2) is 0 Å². The lowest BCUT2D eigenvalue weighted by molar-refractivity contribution is 0.154. The number of benzene rings is 1. The van der Waals surface area contributed by atoms with E-state index < -0.39 is 0 Å². The number of likely N-dealkylation sites (tertiary alicyclic amines) is 1. The largest absolute Gasteiger partial charge is 0.305 e. The Morgan fingerprint density at radius 1 is 1.14 bits per heavy atom. The average molecular weight is 297 g/mol. The first-order chi connectivity index (χ1) is 10.6. The minimum atomic E-state index is -0.252. The summed E-state index contributed by atoms with van der Waals surface area (Å²) >= 11 is 0. The third kappa shape index (κ3) is 2.91. The minimum absolute atomic E-state index is 0.252. The zero-order valence-electron chi connectivity index (χ0n) is 13.8. The van der Waals surface area contributed by atoms with Crippen molar-refractivity contribution in [3.63, 3.8) is 0 Å². The highest BCUT2D eigenvalue weighted by Crippen LogP contribution is 2.40. The lowest BCUT2D eigenvalue weighted by Gasteiger charge is -2.39. The molecule has 0 amide bonds. The summed E-state index contributed by atoms with van der Waals surface area (Å²) in [5.74, 6) is 0. The molecule has 3 nitrogen and oxygen atoms in total. The monoisotopic (exact) mass is 297 g/mol. The van der Waals surface area contributed by atoms with Crippen LogP contribution < -0.4 is 0 Å². The first-order valence-corrected chi connectivity index (χ1v) is 8.52. The summed E-state index contributed by atoms with van der Waals surface area (Å²) in [6.45, 7) is 2.42. The number of hydrogen-bond donors (Lipinski definition) is 0. The van der Waals surface area contributed by atoms with Gasteiger partial charge in [-0.15, -0.1) is 0 Å². The first-order valence-electron chi connectivity index (χ1n) is 8.52. The van der Waals surface area contributed by atoms with E-state index in [0.29, 0.717) is 12.1 Å². The summed E-state index contributed by atoms with van der Waals surface area (Å²) in [4.78, 5) is 5.02. The van der Waals surface area contributed by atoms with Crippen LogP contribution in [0.1, 0.15) is 37.7 Å². The highest BCUT2D eigenvalue weighted by molar-refractivity contribution is 5.33. The van der Waals surface area contributed by atoms with Gasteiger partial charge in [-0.05, 0) is 51.8 Å². The van der Waals surface area contributed by atoms with Crippen LogP contribution in [0, 0.1) is 11.3 Å². The maximum absolute atomic E-state index is 9.79. The van der Waals surface area contributed by atoms with Crippen molar-refractivity contribution < 1.29 is 0 Å². The summed E-state index contributed by atoms with van der Waals surface area (Å²) in [6.07, 6.45) is 5.60. The van der Waals surface area contributed by atoms with Crippen LogP contribution in [0.2, 0.25) is 0 Å². The summed E-state index contributed by atoms with van der Waals surface area (Å²) < 4.78 is 0. The Morgan fingerprint density at radius 3 is 2.36 bits per heavy atom. The molecular weight excluding hydrogens is 270 g/mol. The lowest BCUT2D eigenvalue weighted by atomic mass is 9.69. The van der Waals surface area contributed by atoms with Crippen molar-refractivity contribution in [2.75, 3.05) is 27.2 Å². The SMILES string of the molecule is CN(C)C1CCN(C2CCC(C#N)(c3ccccc3)CC2)C1. The molecule has 1 aliphatic heterocycles. The van der Waals surface area contributed by atoms with Gasteiger partial charge in [0.15, 0.2) is 0 Å². The molecule has 22 heavy (non-hydrogen) atoms. The molecular formula is C19H27N3. The second-order valence-corrected chi connectivity index (χ2v) is 7.19. The molecule has 1 aromatic rings. The highest BCUT2D eigenvalue weighted by atomic mass is 15.2. The molecule has 0 spiro atoms. The van der Waals surface area contributed by atoms with Gasteiger partial charge >= 0.3 is 0 Å². The average Bonchev–Trinajstić information content (AvgIpc) is 3.06. The Balaban J connectivity index is 1.64. The van der Waals surface area contributed by atoms with E-state index in [9.17, 15) is 5.26 Å². The Labute approximate surface area is 134 Å². The van der Waals surface area contributed by atoms with E-state index >= 15 is 0 Å². The number of hydrogen-bond acceptors (Lipinski definition) is 3. The van der Waals surface area contributed by atoms with Crippen LogP contribution in [0.25, 0.3) is 0 Å². The Morgan fingerprint density at radius 2 is 1.82 bits per heavy atom. The molecule has 3 rings (SSSR count). The predicted molar refractivity (Wildman–Crippen MR) is 89.7 cm³/mol. The summed E-state index contributed by atoms with van der Waals surface area (Å²) in [7, 11) is 4.37. The molecule has 1 saturated carbocycles. The fourth-order valence-corrected chi connectivity index (χ4v) is 4.20. The van der Waals surface area contributed by atoms with Gasteiger partial charge in [0.05, 0.1) is 11.5 Å². The van der Waals surface area contributed by atoms with Crippen molar-refractivity contribution in [2.24, 2.45) is 0 Å². The first kappa shape index (κ1) is 15.5. The van der Waals surface area contributed by atoms with E-state index in [1.165, 1.54) is 25.1 Å². The fraction of sp³-hybridized carbons (Fsp3) is 0.632. The molecule has 1 aliphatic carbocycles. The van der Waals surface area contributed by atoms with Crippen LogP contribution in [-0.2, 0) is 5.41 Å². The van der Waals surface area contributed by atoms with Gasteiger partial charge in [0.25, 0.3) is 0 Å². The molecule has 1 saturated heterocycles. The van der Waals surface area contributed by atoms with Gasteiger partial charge in [-0.3, -0.25) is 4.90 Å². The van der Waals surface area contributed by atoms with Gasteiger partial charge in [0.2, 0.25) is 0 Å². The van der Waals surface area contributed by atoms with Gasteiger partial charge in [-0.1, -0.05) is 30.3 Å². The number of nitrogens with zero attached hydrogens (tertiary/aromatic N) is 3. The van der Waals surface area contributed by atoms with Crippen molar-refractivity contribution in [3.05, 3.63) is 35.9 Å². The summed E-state index contributed by atoms with van der Waals surface area (Å²) in [6, 6.07) is 14.4. The highest BCUT2D eigenvalue weighted by Gasteiger charge is 2.40. The lowest BCUT2D eigenvalue weighted by Crippen LogP contribution is -2.42. The minimum Gasteiger partial charge on any atom is -0.305 e. The second kappa shape index (κ2) is 6.40. The van der Waals surface area contributed by atoms with Crippen LogP contribution in [0.5, 0.6) is 0 Å². The molecule has 0 bridgehead atoms. The van der Waals surface area contributed by atoms with Crippen molar-refractivity contribution in [3.8, 4) is 6.07 Å². The molecule has 118 valence electrons. The van der Waals surface area contributed by atoms with Crippen LogP contribution in [-0.4, -0.2) is 49.1 Å². The van der Waals surface area contributed by atoms with Gasteiger partial charge < -0.3 is 4.90 Å². The topological polar surface area (TPSA) is 30.3 Å². The van der Waals surface area contributed by atoms with Crippen LogP contribution in [0.15, 0.2) is 30.3 Å². The molecule has 0 N–H and O–H groups in total. The second-order valence-electron chi connectivity index (χ2n) is 7.19. The molecule has 1 unspecified atom stereocenters. The van der Waals surface area contributed by atoms with E-state index in [0.717, 1.165) is 25.7 Å². The van der Waals surface area contributed by atoms with Crippen molar-refractivity contribution in [1.29, 1.82) is 5.26 Å². The van der Waals surface area contributed by atoms with Gasteiger partial charge in [0.1, 0.15) is 0 Å². The van der Waals surface area contributed by atoms with E-state index in [2.05, 4.69) is 54.2 Å². The maximum Gasteiger partial charge on any atom is 0.0823 e. The molecule has 1 aromatic carbocycles. The van der Waals surface area contributed by atoms with E-state index in [-0.39, 0.29) is 5.41 Å². The molecule has 2 fully saturated rings. The molecule has 1 heterocycles. The van der Waals surface area contributed by atoms with Crippen molar-refractivity contribution >= 4 is 0 Å². The van der Waals surface area contributed by atoms with Crippen molar-refractivity contribution in [2.45, 2.75) is 49.6 Å². The molecule has 0 radical (unpaired) electrons. The van der Waals surface area contributed by atoms with Crippen molar-refractivity contribution in [1.82, 2.24) is 9.80 Å². The van der Waals surface area contributed by atoms with E-state index in [4.69, 9.17) is 0 Å². The Kier molecular flexibility index (Phi) is 4.52. The van der Waals surface area contributed by atoms with Crippen LogP contribution in [0.4, 0.5) is 0 Å². The number of rotatable bonds is 3. The van der Waals surface area contributed by atoms with E-state index in [1.807, 2.05) is 6.07 Å². The predicted octanol–water partition coefficient (Wildman–Crippen LogP) is 3.03. The summed E-state index contributed by atoms with van der Waals surface area (Å²) in [5.41, 5.74) is 0.960. The molecule has 0 aromatic heterocycles. The van der Waals surface area contributed by atoms with Crippen LogP contribution in [0.3, 0.4) is 0 Å². The van der Waals surface area contributed by atoms with Crippen LogP contribution >= 0.6 is 0 Å². The summed E-state index contributed by atoms with van der Waals surface area (Å²) in [5, 5.41) is 9.79. The maximum atomic E-state index is 9.79. The Bertz CT molecular complexity index is 523. The Hall–Kier alpha value is -1.37. The number of likely N-dealkylation sites (N-methyl/N-ethyl adjacent to an activating group) is 1. The third-order valence-corrected chi connectivity index (χ3v) is 5.79. The molecule has 3 heteroatoms. The van der Waals surface area contributed by atoms with Gasteiger partial charge in [-0.2, -0.15) is 5.26 Å². The smallest absolute Gasteiger partial charge is 0.0823 e. The third-order valence-electron chi connectivity index (χ3n) is 5.79. The number of nitriles is 1. The zero-order valence-corrected chi connectivity index (χ0v) is 13.8. The zero-order chi connectivity index (χ0) is 15.6. The molecule has 2 aliphatic rings. The standard InChI is InChI=1S/C19H27N3/c1-21(2)18-10-13-22(14-18)17-8-11-19(15-20,12-9-17)16-6-4-3-5-7-16/h3-7,17-18H,8-14H2,1-2H3. The quantitative estimate of drug-likeness (QED) is 0.859.